The van der Waals surface area contributed by atoms with E-state index < -0.39 is 15.6 Å². The third-order valence-corrected chi connectivity index (χ3v) is 5.61. The lowest BCUT2D eigenvalue weighted by Gasteiger charge is -2.33. The van der Waals surface area contributed by atoms with Gasteiger partial charge in [0.25, 0.3) is 0 Å². The summed E-state index contributed by atoms with van der Waals surface area (Å²) in [5, 5.41) is 0. The monoisotopic (exact) mass is 361 g/mol. The van der Waals surface area contributed by atoms with Crippen molar-refractivity contribution in [1.82, 2.24) is 9.62 Å². The van der Waals surface area contributed by atoms with Crippen LogP contribution in [0.3, 0.4) is 0 Å². The molecule has 1 fully saturated rings. The van der Waals surface area contributed by atoms with Crippen molar-refractivity contribution in [1.29, 1.82) is 0 Å². The molecule has 23 heavy (non-hydrogen) atoms. The first-order chi connectivity index (χ1) is 10.3. The van der Waals surface area contributed by atoms with Crippen LogP contribution in [0.4, 0.5) is 0 Å². The molecule has 0 amide bonds. The van der Waals surface area contributed by atoms with E-state index in [1.807, 2.05) is 31.1 Å². The van der Waals surface area contributed by atoms with Gasteiger partial charge in [-0.05, 0) is 44.6 Å². The highest BCUT2D eigenvalue weighted by molar-refractivity contribution is 7.89. The van der Waals surface area contributed by atoms with Gasteiger partial charge < -0.3 is 10.6 Å². The zero-order valence-corrected chi connectivity index (χ0v) is 15.5. The summed E-state index contributed by atoms with van der Waals surface area (Å²) in [5.74, 6) is 0. The molecule has 7 heteroatoms. The maximum atomic E-state index is 12.4. The molecular formula is C16H28ClN3O2S. The van der Waals surface area contributed by atoms with Crippen LogP contribution in [-0.2, 0) is 16.6 Å². The highest BCUT2D eigenvalue weighted by Crippen LogP contribution is 2.25. The van der Waals surface area contributed by atoms with Crippen LogP contribution in [0.25, 0.3) is 0 Å². The minimum absolute atomic E-state index is 0. The van der Waals surface area contributed by atoms with Gasteiger partial charge in [-0.3, -0.25) is 0 Å². The van der Waals surface area contributed by atoms with Crippen LogP contribution in [0.2, 0.25) is 0 Å². The van der Waals surface area contributed by atoms with E-state index in [2.05, 4.69) is 4.72 Å². The summed E-state index contributed by atoms with van der Waals surface area (Å²) in [6.45, 7) is 1.11. The van der Waals surface area contributed by atoms with E-state index in [0.717, 1.165) is 37.8 Å². The number of nitrogens with two attached hydrogens (primary N) is 1. The molecule has 1 saturated carbocycles. The predicted octanol–water partition coefficient (Wildman–Crippen LogP) is 2.11. The second-order valence-electron chi connectivity index (χ2n) is 6.63. The first-order valence-electron chi connectivity index (χ1n) is 7.83. The van der Waals surface area contributed by atoms with Gasteiger partial charge in [-0.2, -0.15) is 0 Å². The van der Waals surface area contributed by atoms with Crippen LogP contribution in [0.5, 0.6) is 0 Å². The first kappa shape index (κ1) is 20.4. The second kappa shape index (κ2) is 8.44. The van der Waals surface area contributed by atoms with E-state index in [4.69, 9.17) is 5.73 Å². The maximum Gasteiger partial charge on any atom is 0.240 e. The molecule has 0 unspecified atom stereocenters. The number of nitrogens with zero attached hydrogens (tertiary/aromatic N) is 1. The van der Waals surface area contributed by atoms with Crippen molar-refractivity contribution >= 4 is 22.4 Å². The van der Waals surface area contributed by atoms with Crippen molar-refractivity contribution in [3.63, 3.8) is 0 Å². The Hall–Kier alpha value is -0.660. The Morgan fingerprint density at radius 1 is 1.13 bits per heavy atom. The fourth-order valence-electron chi connectivity index (χ4n) is 2.89. The smallest absolute Gasteiger partial charge is 0.240 e. The number of halogens is 1. The molecule has 1 aromatic rings. The van der Waals surface area contributed by atoms with Crippen molar-refractivity contribution in [2.45, 2.75) is 49.1 Å². The molecule has 2 rings (SSSR count). The summed E-state index contributed by atoms with van der Waals surface area (Å²) in [4.78, 5) is 2.35. The zero-order valence-electron chi connectivity index (χ0n) is 13.9. The first-order valence-corrected chi connectivity index (χ1v) is 9.31. The number of nitrogens with one attached hydrogen (secondary N) is 1. The molecule has 5 nitrogen and oxygen atoms in total. The van der Waals surface area contributed by atoms with Gasteiger partial charge in [0.1, 0.15) is 0 Å². The minimum atomic E-state index is -3.49. The van der Waals surface area contributed by atoms with Crippen LogP contribution in [0.15, 0.2) is 29.2 Å². The summed E-state index contributed by atoms with van der Waals surface area (Å²) in [7, 11) is 0.480. The molecule has 0 heterocycles. The van der Waals surface area contributed by atoms with Gasteiger partial charge >= 0.3 is 0 Å². The molecule has 0 bridgehead atoms. The molecule has 1 aliphatic rings. The Kier molecular flexibility index (Phi) is 7.48. The number of rotatable bonds is 6. The van der Waals surface area contributed by atoms with E-state index in [-0.39, 0.29) is 12.4 Å². The Bertz CT molecular complexity index is 582. The van der Waals surface area contributed by atoms with Crippen molar-refractivity contribution in [2.24, 2.45) is 5.73 Å². The highest BCUT2D eigenvalue weighted by atomic mass is 35.5. The number of hydrogen-bond acceptors (Lipinski definition) is 4. The van der Waals surface area contributed by atoms with Gasteiger partial charge in [0, 0.05) is 18.6 Å². The summed E-state index contributed by atoms with van der Waals surface area (Å²) in [6, 6.07) is 7.03. The fraction of sp³-hybridized carbons (Fsp3) is 0.625. The van der Waals surface area contributed by atoms with E-state index in [9.17, 15) is 8.42 Å². The molecule has 0 saturated heterocycles. The summed E-state index contributed by atoms with van der Waals surface area (Å²) in [5.41, 5.74) is 6.99. The van der Waals surface area contributed by atoms with Crippen molar-refractivity contribution in [3.8, 4) is 0 Å². The van der Waals surface area contributed by atoms with Gasteiger partial charge in [-0.15, -0.1) is 12.4 Å². The fourth-order valence-corrected chi connectivity index (χ4v) is 4.03. The lowest BCUT2D eigenvalue weighted by Crippen LogP contribution is -2.51. The third-order valence-electron chi connectivity index (χ3n) is 4.20. The van der Waals surface area contributed by atoms with E-state index in [1.54, 1.807) is 12.1 Å². The van der Waals surface area contributed by atoms with Crippen LogP contribution < -0.4 is 10.5 Å². The van der Waals surface area contributed by atoms with Crippen LogP contribution in [0.1, 0.15) is 37.7 Å². The second-order valence-corrected chi connectivity index (χ2v) is 8.40. The lowest BCUT2D eigenvalue weighted by atomic mass is 9.83. The molecular weight excluding hydrogens is 334 g/mol. The van der Waals surface area contributed by atoms with E-state index in [1.165, 1.54) is 6.42 Å². The van der Waals surface area contributed by atoms with Crippen LogP contribution >= 0.6 is 12.4 Å². The number of sulfonamides is 1. The van der Waals surface area contributed by atoms with Gasteiger partial charge in [0.15, 0.2) is 0 Å². The van der Waals surface area contributed by atoms with E-state index >= 15 is 0 Å². The van der Waals surface area contributed by atoms with Gasteiger partial charge in [-0.25, -0.2) is 13.1 Å². The molecule has 3 N–H and O–H groups in total. The van der Waals surface area contributed by atoms with Gasteiger partial charge in [0.2, 0.25) is 10.0 Å². The maximum absolute atomic E-state index is 12.4. The molecule has 132 valence electrons. The van der Waals surface area contributed by atoms with Gasteiger partial charge in [-0.1, -0.05) is 31.4 Å². The molecule has 0 atom stereocenters. The topological polar surface area (TPSA) is 75.4 Å². The molecule has 0 aromatic heterocycles. The summed E-state index contributed by atoms with van der Waals surface area (Å²) in [6.07, 6.45) is 5.13. The highest BCUT2D eigenvalue weighted by Gasteiger charge is 2.29. The van der Waals surface area contributed by atoms with Gasteiger partial charge in [0.05, 0.1) is 4.90 Å². The van der Waals surface area contributed by atoms with Crippen LogP contribution in [-0.4, -0.2) is 39.5 Å². The Balaban J connectivity index is 0.00000264. The third kappa shape index (κ3) is 6.04. The molecule has 0 spiro atoms. The minimum Gasteiger partial charge on any atom is -0.324 e. The molecule has 0 radical (unpaired) electrons. The van der Waals surface area contributed by atoms with E-state index in [0.29, 0.717) is 11.4 Å². The standard InChI is InChI=1S/C16H27N3O2S.ClH/c1-19(2)12-14-6-8-15(9-7-14)22(20,21)18-13-16(17)10-4-3-5-11-16;/h6-9,18H,3-5,10-13,17H2,1-2H3;1H. The average Bonchev–Trinajstić information content (AvgIpc) is 2.46. The Morgan fingerprint density at radius 2 is 1.70 bits per heavy atom. The Labute approximate surface area is 146 Å². The SMILES string of the molecule is CN(C)Cc1ccc(S(=O)(=O)NCC2(N)CCCCC2)cc1.Cl. The van der Waals surface area contributed by atoms with Crippen LogP contribution in [0, 0.1) is 0 Å². The van der Waals surface area contributed by atoms with Crippen molar-refractivity contribution in [3.05, 3.63) is 29.8 Å². The number of benzene rings is 1. The molecule has 0 aliphatic heterocycles. The summed E-state index contributed by atoms with van der Waals surface area (Å²) >= 11 is 0. The number of hydrogen-bond donors (Lipinski definition) is 2. The summed E-state index contributed by atoms with van der Waals surface area (Å²) < 4.78 is 27.4. The quantitative estimate of drug-likeness (QED) is 0.813. The Morgan fingerprint density at radius 3 is 2.22 bits per heavy atom. The lowest BCUT2D eigenvalue weighted by molar-refractivity contribution is 0.296. The predicted molar refractivity (Wildman–Crippen MR) is 96.3 cm³/mol. The molecule has 1 aromatic carbocycles. The largest absolute Gasteiger partial charge is 0.324 e. The zero-order chi connectivity index (χ0) is 16.2. The average molecular weight is 362 g/mol. The van der Waals surface area contributed by atoms with Crippen molar-refractivity contribution in [2.75, 3.05) is 20.6 Å². The normalized spacial score (nSPS) is 17.7. The molecule has 1 aliphatic carbocycles. The van der Waals surface area contributed by atoms with Crippen molar-refractivity contribution < 1.29 is 8.42 Å².